The molecule has 1 aliphatic rings. The molecule has 0 radical (unpaired) electrons. The number of ether oxygens (including phenoxy) is 1. The van der Waals surface area contributed by atoms with Crippen LogP contribution in [0.4, 0.5) is 5.69 Å². The van der Waals surface area contributed by atoms with Crippen LogP contribution in [0.1, 0.15) is 19.4 Å². The Bertz CT molecular complexity index is 489. The number of hydrogen-bond acceptors (Lipinski definition) is 3. The summed E-state index contributed by atoms with van der Waals surface area (Å²) in [6, 6.07) is 9.10. The molecule has 0 aromatic heterocycles. The van der Waals surface area contributed by atoms with E-state index in [1.165, 1.54) is 11.3 Å². The molecule has 1 aliphatic heterocycles. The highest BCUT2D eigenvalue weighted by Gasteiger charge is 2.22. The molecule has 1 atom stereocenters. The molecule has 0 amide bonds. The minimum atomic E-state index is 0.425. The van der Waals surface area contributed by atoms with Gasteiger partial charge < -0.3 is 20.3 Å². The van der Waals surface area contributed by atoms with Crippen molar-refractivity contribution in [1.29, 1.82) is 0 Å². The van der Waals surface area contributed by atoms with E-state index in [2.05, 4.69) is 51.7 Å². The Labute approximate surface area is 133 Å². The largest absolute Gasteiger partial charge is 0.380 e. The van der Waals surface area contributed by atoms with Crippen LogP contribution in [-0.4, -0.2) is 51.9 Å². The number of hydrogen-bond donors (Lipinski definition) is 2. The number of para-hydroxylation sites is 1. The molecule has 1 aromatic rings. The van der Waals surface area contributed by atoms with Crippen LogP contribution in [0.3, 0.4) is 0 Å². The number of nitrogens with zero attached hydrogens (tertiary/aromatic N) is 2. The van der Waals surface area contributed by atoms with E-state index in [4.69, 9.17) is 4.74 Å². The number of benzene rings is 1. The molecule has 2 rings (SSSR count). The van der Waals surface area contributed by atoms with Gasteiger partial charge in [0, 0.05) is 45.0 Å². The minimum absolute atomic E-state index is 0.425. The van der Waals surface area contributed by atoms with Gasteiger partial charge in [-0.05, 0) is 31.9 Å². The third kappa shape index (κ3) is 4.37. The zero-order chi connectivity index (χ0) is 15.8. The highest BCUT2D eigenvalue weighted by atomic mass is 16.5. The van der Waals surface area contributed by atoms with Crippen LogP contribution in [0, 0.1) is 0 Å². The van der Waals surface area contributed by atoms with Gasteiger partial charge in [-0.2, -0.15) is 0 Å². The Hall–Kier alpha value is -1.75. The van der Waals surface area contributed by atoms with Crippen molar-refractivity contribution >= 4 is 11.6 Å². The van der Waals surface area contributed by atoms with Gasteiger partial charge in [-0.1, -0.05) is 18.2 Å². The van der Waals surface area contributed by atoms with Gasteiger partial charge in [-0.3, -0.25) is 4.99 Å². The van der Waals surface area contributed by atoms with E-state index in [0.717, 1.165) is 38.6 Å². The Morgan fingerprint density at radius 1 is 1.36 bits per heavy atom. The lowest BCUT2D eigenvalue weighted by Gasteiger charge is -2.28. The van der Waals surface area contributed by atoms with Crippen molar-refractivity contribution in [3.05, 3.63) is 29.8 Å². The van der Waals surface area contributed by atoms with Crippen LogP contribution in [0.5, 0.6) is 0 Å². The lowest BCUT2D eigenvalue weighted by atomic mass is 10.2. The summed E-state index contributed by atoms with van der Waals surface area (Å²) in [5.74, 6) is 0.832. The van der Waals surface area contributed by atoms with Crippen molar-refractivity contribution in [3.8, 4) is 0 Å². The molecule has 2 N–H and O–H groups in total. The number of fused-ring (bicyclic) bond motifs is 1. The smallest absolute Gasteiger partial charge is 0.191 e. The first-order valence-corrected chi connectivity index (χ1v) is 8.13. The first-order chi connectivity index (χ1) is 10.8. The molecule has 5 heteroatoms. The van der Waals surface area contributed by atoms with Gasteiger partial charge in [0.15, 0.2) is 5.96 Å². The van der Waals surface area contributed by atoms with Crippen molar-refractivity contribution < 1.29 is 4.74 Å². The van der Waals surface area contributed by atoms with Gasteiger partial charge in [-0.15, -0.1) is 0 Å². The Morgan fingerprint density at radius 2 is 2.18 bits per heavy atom. The SMILES string of the molecule is CCOCCNC(=NC)NCC(C)N1CCc2ccccc21. The van der Waals surface area contributed by atoms with E-state index < -0.39 is 0 Å². The van der Waals surface area contributed by atoms with Crippen LogP contribution in [0.25, 0.3) is 0 Å². The molecule has 0 spiro atoms. The van der Waals surface area contributed by atoms with E-state index in [0.29, 0.717) is 12.6 Å². The molecule has 0 saturated heterocycles. The van der Waals surface area contributed by atoms with Gasteiger partial charge in [0.2, 0.25) is 0 Å². The fraction of sp³-hybridized carbons (Fsp3) is 0.588. The zero-order valence-corrected chi connectivity index (χ0v) is 13.9. The summed E-state index contributed by atoms with van der Waals surface area (Å²) in [5, 5.41) is 6.66. The summed E-state index contributed by atoms with van der Waals surface area (Å²) in [4.78, 5) is 6.72. The summed E-state index contributed by atoms with van der Waals surface area (Å²) in [7, 11) is 1.80. The summed E-state index contributed by atoms with van der Waals surface area (Å²) >= 11 is 0. The molecule has 0 aliphatic carbocycles. The molecule has 5 nitrogen and oxygen atoms in total. The molecule has 1 unspecified atom stereocenters. The first-order valence-electron chi connectivity index (χ1n) is 8.13. The summed E-state index contributed by atoms with van der Waals surface area (Å²) < 4.78 is 5.32. The maximum atomic E-state index is 5.32. The van der Waals surface area contributed by atoms with Crippen molar-refractivity contribution in [1.82, 2.24) is 10.6 Å². The summed E-state index contributed by atoms with van der Waals surface area (Å²) in [5.41, 5.74) is 2.82. The fourth-order valence-electron chi connectivity index (χ4n) is 2.78. The van der Waals surface area contributed by atoms with Crippen molar-refractivity contribution in [3.63, 3.8) is 0 Å². The van der Waals surface area contributed by atoms with E-state index in [1.807, 2.05) is 6.92 Å². The third-order valence-corrected chi connectivity index (χ3v) is 3.99. The summed E-state index contributed by atoms with van der Waals surface area (Å²) in [6.45, 7) is 8.44. The van der Waals surface area contributed by atoms with Crippen molar-refractivity contribution in [2.24, 2.45) is 4.99 Å². The number of guanidine groups is 1. The van der Waals surface area contributed by atoms with Crippen LogP contribution < -0.4 is 15.5 Å². The maximum Gasteiger partial charge on any atom is 0.191 e. The van der Waals surface area contributed by atoms with Crippen molar-refractivity contribution in [2.75, 3.05) is 44.8 Å². The second-order valence-electron chi connectivity index (χ2n) is 5.50. The lowest BCUT2D eigenvalue weighted by Crippen LogP contribution is -2.46. The van der Waals surface area contributed by atoms with Gasteiger partial charge in [-0.25, -0.2) is 0 Å². The minimum Gasteiger partial charge on any atom is -0.380 e. The fourth-order valence-corrected chi connectivity index (χ4v) is 2.78. The Morgan fingerprint density at radius 3 is 2.95 bits per heavy atom. The van der Waals surface area contributed by atoms with E-state index >= 15 is 0 Å². The van der Waals surface area contributed by atoms with E-state index in [-0.39, 0.29) is 0 Å². The molecular formula is C17H28N4O. The first kappa shape index (κ1) is 16.6. The average molecular weight is 304 g/mol. The molecule has 1 aromatic carbocycles. The highest BCUT2D eigenvalue weighted by Crippen LogP contribution is 2.28. The topological polar surface area (TPSA) is 48.9 Å². The van der Waals surface area contributed by atoms with Gasteiger partial charge >= 0.3 is 0 Å². The molecule has 122 valence electrons. The maximum absolute atomic E-state index is 5.32. The Kier molecular flexibility index (Phi) is 6.52. The van der Waals surface area contributed by atoms with Crippen LogP contribution >= 0.6 is 0 Å². The highest BCUT2D eigenvalue weighted by molar-refractivity contribution is 5.79. The van der Waals surface area contributed by atoms with Gasteiger partial charge in [0.05, 0.1) is 6.61 Å². The number of aliphatic imine (C=N–C) groups is 1. The molecule has 0 bridgehead atoms. The van der Waals surface area contributed by atoms with Gasteiger partial charge in [0.25, 0.3) is 0 Å². The second-order valence-corrected chi connectivity index (χ2v) is 5.50. The van der Waals surface area contributed by atoms with Crippen LogP contribution in [0.15, 0.2) is 29.3 Å². The van der Waals surface area contributed by atoms with Crippen molar-refractivity contribution in [2.45, 2.75) is 26.3 Å². The molecule has 1 heterocycles. The molecule has 0 fully saturated rings. The third-order valence-electron chi connectivity index (χ3n) is 3.99. The van der Waals surface area contributed by atoms with E-state index in [9.17, 15) is 0 Å². The zero-order valence-electron chi connectivity index (χ0n) is 13.9. The van der Waals surface area contributed by atoms with Crippen LogP contribution in [-0.2, 0) is 11.2 Å². The summed E-state index contributed by atoms with van der Waals surface area (Å²) in [6.07, 6.45) is 1.14. The predicted molar refractivity (Wildman–Crippen MR) is 92.8 cm³/mol. The normalized spacial score (nSPS) is 15.6. The number of nitrogens with one attached hydrogen (secondary N) is 2. The predicted octanol–water partition coefficient (Wildman–Crippen LogP) is 1.64. The quantitative estimate of drug-likeness (QED) is 0.457. The molecule has 22 heavy (non-hydrogen) atoms. The van der Waals surface area contributed by atoms with E-state index in [1.54, 1.807) is 7.05 Å². The lowest BCUT2D eigenvalue weighted by molar-refractivity contribution is 0.152. The molecular weight excluding hydrogens is 276 g/mol. The second kappa shape index (κ2) is 8.63. The average Bonchev–Trinajstić information content (AvgIpc) is 2.98. The molecule has 0 saturated carbocycles. The van der Waals surface area contributed by atoms with Gasteiger partial charge in [0.1, 0.15) is 0 Å². The monoisotopic (exact) mass is 304 g/mol. The standard InChI is InChI=1S/C17H28N4O/c1-4-22-12-10-19-17(18-3)20-13-14(2)21-11-9-15-7-5-6-8-16(15)21/h5-8,14H,4,9-13H2,1-3H3,(H2,18,19,20). The number of anilines is 1. The number of rotatable bonds is 7. The Balaban J connectivity index is 1.79. The van der Waals surface area contributed by atoms with Crippen LogP contribution in [0.2, 0.25) is 0 Å².